The molecular formula is C17H23BrFNO2. The Balaban J connectivity index is 2.24. The number of nitrogens with zero attached hydrogens (tertiary/aromatic N) is 1. The zero-order chi connectivity index (χ0) is 16.3. The molecule has 22 heavy (non-hydrogen) atoms. The van der Waals surface area contributed by atoms with Gasteiger partial charge in [0.25, 0.3) is 0 Å². The Labute approximate surface area is 139 Å². The van der Waals surface area contributed by atoms with Crippen molar-refractivity contribution < 1.29 is 14.2 Å². The molecule has 1 aromatic carbocycles. The molecule has 1 aliphatic heterocycles. The molecule has 1 N–H and O–H groups in total. The summed E-state index contributed by atoms with van der Waals surface area (Å²) in [7, 11) is 0. The van der Waals surface area contributed by atoms with Gasteiger partial charge in [-0.3, -0.25) is 4.99 Å². The molecule has 1 aromatic rings. The highest BCUT2D eigenvalue weighted by atomic mass is 79.9. The summed E-state index contributed by atoms with van der Waals surface area (Å²) in [4.78, 5) is 4.49. The minimum atomic E-state index is -0.365. The highest BCUT2D eigenvalue weighted by Crippen LogP contribution is 2.33. The van der Waals surface area contributed by atoms with E-state index in [0.29, 0.717) is 22.4 Å². The number of benzene rings is 1. The summed E-state index contributed by atoms with van der Waals surface area (Å²) < 4.78 is 20.6. The average Bonchev–Trinajstić information content (AvgIpc) is 2.50. The second-order valence-electron chi connectivity index (χ2n) is 6.66. The molecule has 0 radical (unpaired) electrons. The predicted octanol–water partition coefficient (Wildman–Crippen LogP) is 4.20. The van der Waals surface area contributed by atoms with Crippen LogP contribution in [0.1, 0.15) is 39.2 Å². The number of aliphatic hydroxyl groups excluding tert-OH is 1. The predicted molar refractivity (Wildman–Crippen MR) is 90.3 cm³/mol. The number of rotatable bonds is 5. The Bertz CT molecular complexity index is 572. The maximum atomic E-state index is 14.7. The van der Waals surface area contributed by atoms with Gasteiger partial charge in [-0.2, -0.15) is 0 Å². The van der Waals surface area contributed by atoms with Crippen molar-refractivity contribution in [1.29, 1.82) is 0 Å². The molecule has 3 nitrogen and oxygen atoms in total. The maximum absolute atomic E-state index is 14.7. The fraction of sp³-hybridized carbons (Fsp3) is 0.588. The first-order valence-electron chi connectivity index (χ1n) is 7.62. The van der Waals surface area contributed by atoms with Crippen molar-refractivity contribution >= 4 is 21.6 Å². The third-order valence-electron chi connectivity index (χ3n) is 3.91. The molecule has 0 aromatic heterocycles. The van der Waals surface area contributed by atoms with E-state index < -0.39 is 0 Å². The molecule has 0 aliphatic carbocycles. The van der Waals surface area contributed by atoms with Crippen molar-refractivity contribution in [3.63, 3.8) is 0 Å². The highest BCUT2D eigenvalue weighted by molar-refractivity contribution is 9.10. The van der Waals surface area contributed by atoms with Crippen LogP contribution in [0.4, 0.5) is 4.39 Å². The summed E-state index contributed by atoms with van der Waals surface area (Å²) in [5.74, 6) is 0.397. The number of ether oxygens (including phenoxy) is 1. The third-order valence-corrected chi connectivity index (χ3v) is 4.65. The van der Waals surface area contributed by atoms with E-state index in [4.69, 9.17) is 4.74 Å². The van der Waals surface area contributed by atoms with E-state index >= 15 is 0 Å². The molecule has 122 valence electrons. The van der Waals surface area contributed by atoms with Gasteiger partial charge in [0.05, 0.1) is 17.7 Å². The van der Waals surface area contributed by atoms with E-state index in [9.17, 15) is 9.50 Å². The normalized spacial score (nSPS) is 19.0. The second-order valence-corrected chi connectivity index (χ2v) is 7.45. The lowest BCUT2D eigenvalue weighted by molar-refractivity contribution is 0.0969. The van der Waals surface area contributed by atoms with Gasteiger partial charge >= 0.3 is 0 Å². The number of halogens is 2. The Kier molecular flexibility index (Phi) is 5.61. The lowest BCUT2D eigenvalue weighted by Crippen LogP contribution is -2.25. The van der Waals surface area contributed by atoms with Crippen molar-refractivity contribution in [2.75, 3.05) is 19.8 Å². The van der Waals surface area contributed by atoms with Crippen LogP contribution >= 0.6 is 15.9 Å². The monoisotopic (exact) mass is 371 g/mol. The van der Waals surface area contributed by atoms with Crippen molar-refractivity contribution in [3.05, 3.63) is 28.0 Å². The Morgan fingerprint density at radius 3 is 2.82 bits per heavy atom. The fourth-order valence-electron chi connectivity index (χ4n) is 2.40. The van der Waals surface area contributed by atoms with Gasteiger partial charge in [-0.1, -0.05) is 20.8 Å². The summed E-state index contributed by atoms with van der Waals surface area (Å²) >= 11 is 3.29. The topological polar surface area (TPSA) is 41.8 Å². The quantitative estimate of drug-likeness (QED) is 0.842. The highest BCUT2D eigenvalue weighted by Gasteiger charge is 2.23. The van der Waals surface area contributed by atoms with Gasteiger partial charge in [-0.25, -0.2) is 4.39 Å². The van der Waals surface area contributed by atoms with Crippen LogP contribution in [0.3, 0.4) is 0 Å². The van der Waals surface area contributed by atoms with Crippen molar-refractivity contribution in [2.45, 2.75) is 33.6 Å². The van der Waals surface area contributed by atoms with Gasteiger partial charge < -0.3 is 9.84 Å². The number of aliphatic hydroxyl groups is 1. The molecule has 5 heteroatoms. The first-order chi connectivity index (χ1) is 10.4. The van der Waals surface area contributed by atoms with Crippen LogP contribution in [-0.4, -0.2) is 30.6 Å². The minimum absolute atomic E-state index is 0.0134. The molecule has 0 fully saturated rings. The lowest BCUT2D eigenvalue weighted by Gasteiger charge is -2.23. The van der Waals surface area contributed by atoms with E-state index in [1.807, 2.05) is 13.8 Å². The van der Waals surface area contributed by atoms with Crippen molar-refractivity contribution in [1.82, 2.24) is 0 Å². The molecule has 1 atom stereocenters. The smallest absolute Gasteiger partial charge is 0.150 e. The molecule has 0 amide bonds. The zero-order valence-corrected chi connectivity index (χ0v) is 14.9. The molecule has 2 rings (SSSR count). The summed E-state index contributed by atoms with van der Waals surface area (Å²) in [5.41, 5.74) is 1.02. The van der Waals surface area contributed by atoms with Crippen molar-refractivity contribution in [3.8, 4) is 5.75 Å². The molecule has 1 heterocycles. The average molecular weight is 372 g/mol. The van der Waals surface area contributed by atoms with E-state index in [1.54, 1.807) is 12.1 Å². The second kappa shape index (κ2) is 7.09. The van der Waals surface area contributed by atoms with Gasteiger partial charge in [0.2, 0.25) is 0 Å². The summed E-state index contributed by atoms with van der Waals surface area (Å²) in [6, 6.07) is 3.50. The number of hydrogen-bond acceptors (Lipinski definition) is 3. The van der Waals surface area contributed by atoms with Crippen LogP contribution in [0.2, 0.25) is 0 Å². The van der Waals surface area contributed by atoms with Crippen LogP contribution in [0.15, 0.2) is 21.6 Å². The van der Waals surface area contributed by atoms with Gasteiger partial charge in [-0.15, -0.1) is 0 Å². The van der Waals surface area contributed by atoms with Crippen LogP contribution in [0.5, 0.6) is 5.75 Å². The van der Waals surface area contributed by atoms with Crippen LogP contribution in [0.25, 0.3) is 0 Å². The lowest BCUT2D eigenvalue weighted by atomic mass is 9.91. The summed E-state index contributed by atoms with van der Waals surface area (Å²) in [6.07, 6.45) is 2.10. The minimum Gasteiger partial charge on any atom is -0.492 e. The molecule has 1 unspecified atom stereocenters. The SMILES string of the molecule is CC1CCCN=C1c1ccc(OCC(C)(C)CO)c(Br)c1F. The summed E-state index contributed by atoms with van der Waals surface area (Å²) in [5, 5.41) is 9.26. The van der Waals surface area contributed by atoms with Crippen LogP contribution in [-0.2, 0) is 0 Å². The van der Waals surface area contributed by atoms with Gasteiger partial charge in [0.15, 0.2) is 0 Å². The van der Waals surface area contributed by atoms with E-state index in [-0.39, 0.29) is 23.8 Å². The van der Waals surface area contributed by atoms with E-state index in [2.05, 4.69) is 27.8 Å². The Morgan fingerprint density at radius 1 is 1.45 bits per heavy atom. The summed E-state index contributed by atoms with van der Waals surface area (Å²) in [6.45, 7) is 6.96. The van der Waals surface area contributed by atoms with E-state index in [1.165, 1.54) is 0 Å². The largest absolute Gasteiger partial charge is 0.492 e. The first-order valence-corrected chi connectivity index (χ1v) is 8.41. The molecule has 0 saturated carbocycles. The number of hydrogen-bond donors (Lipinski definition) is 1. The number of aliphatic imine (C=N–C) groups is 1. The third kappa shape index (κ3) is 3.87. The van der Waals surface area contributed by atoms with Gasteiger partial charge in [-0.05, 0) is 46.8 Å². The zero-order valence-electron chi connectivity index (χ0n) is 13.3. The molecule has 0 spiro atoms. The van der Waals surface area contributed by atoms with Gasteiger partial charge in [0, 0.05) is 23.2 Å². The Morgan fingerprint density at radius 2 is 2.18 bits per heavy atom. The molecular weight excluding hydrogens is 349 g/mol. The van der Waals surface area contributed by atoms with Crippen LogP contribution in [0, 0.1) is 17.2 Å². The maximum Gasteiger partial charge on any atom is 0.150 e. The molecule has 0 saturated heterocycles. The van der Waals surface area contributed by atoms with Crippen molar-refractivity contribution in [2.24, 2.45) is 16.3 Å². The van der Waals surface area contributed by atoms with E-state index in [0.717, 1.165) is 25.1 Å². The molecule has 0 bridgehead atoms. The fourth-order valence-corrected chi connectivity index (χ4v) is 2.86. The van der Waals surface area contributed by atoms with Crippen LogP contribution < -0.4 is 4.74 Å². The van der Waals surface area contributed by atoms with Gasteiger partial charge in [0.1, 0.15) is 11.6 Å². The Hall–Kier alpha value is -0.940. The first kappa shape index (κ1) is 17.4. The standard InChI is InChI=1S/C17H23BrFNO2/c1-11-5-4-8-20-16(11)12-6-7-13(14(18)15(12)19)22-10-17(2,3)9-21/h6-7,11,21H,4-5,8-10H2,1-3H3. The molecule has 1 aliphatic rings.